The van der Waals surface area contributed by atoms with E-state index in [9.17, 15) is 27.9 Å². The first-order valence-corrected chi connectivity index (χ1v) is 11.9. The Morgan fingerprint density at radius 1 is 0.838 bits per heavy atom. The van der Waals surface area contributed by atoms with Gasteiger partial charge in [-0.05, 0) is 65.8 Å². The summed E-state index contributed by atoms with van der Waals surface area (Å²) in [5.41, 5.74) is 1.83. The zero-order valence-electron chi connectivity index (χ0n) is 21.3. The molecule has 1 fully saturated rings. The topological polar surface area (TPSA) is 57.6 Å². The molecule has 3 aromatic rings. The van der Waals surface area contributed by atoms with Crippen LogP contribution in [0.15, 0.2) is 72.3 Å². The molecule has 0 radical (unpaired) electrons. The van der Waals surface area contributed by atoms with Gasteiger partial charge in [0, 0.05) is 11.3 Å². The molecule has 0 spiro atoms. The van der Waals surface area contributed by atoms with Crippen molar-refractivity contribution in [3.05, 3.63) is 106 Å². The quantitative estimate of drug-likeness (QED) is 0.231. The van der Waals surface area contributed by atoms with Gasteiger partial charge in [0.2, 0.25) is 0 Å². The lowest BCUT2D eigenvalue weighted by molar-refractivity contribution is -0.137. The number of carbonyl (C=O) groups excluding carboxylic acids is 2. The summed E-state index contributed by atoms with van der Waals surface area (Å²) < 4.78 is 40.5. The third-order valence-electron chi connectivity index (χ3n) is 6.74. The number of aryl methyl sites for hydroxylation is 2. The van der Waals surface area contributed by atoms with Crippen molar-refractivity contribution < 1.29 is 27.9 Å². The number of hydrogen-bond acceptors (Lipinski definition) is 3. The van der Waals surface area contributed by atoms with E-state index in [1.54, 1.807) is 44.2 Å². The molecule has 0 saturated carbocycles. The van der Waals surface area contributed by atoms with Crippen LogP contribution in [0.4, 0.5) is 18.9 Å². The fourth-order valence-corrected chi connectivity index (χ4v) is 4.61. The Balaban J connectivity index is 2.01. The van der Waals surface area contributed by atoms with Crippen molar-refractivity contribution in [1.29, 1.82) is 0 Å². The van der Waals surface area contributed by atoms with Crippen molar-refractivity contribution in [3.63, 3.8) is 0 Å². The SMILES string of the molecule is Cc1ccc(C(C)(C)C)cc1/C(O)=C1\C(=O)C(=O)N(c2cccc(C(F)(F)F)c2)C1c1ccccc1C. The average Bonchev–Trinajstić information content (AvgIpc) is 3.08. The molecule has 1 unspecified atom stereocenters. The van der Waals surface area contributed by atoms with Crippen molar-refractivity contribution in [1.82, 2.24) is 0 Å². The highest BCUT2D eigenvalue weighted by molar-refractivity contribution is 6.51. The van der Waals surface area contributed by atoms with E-state index in [0.717, 1.165) is 28.2 Å². The maximum absolute atomic E-state index is 13.5. The molecule has 1 aliphatic rings. The first-order valence-electron chi connectivity index (χ1n) is 11.9. The molecule has 4 nitrogen and oxygen atoms in total. The number of alkyl halides is 3. The van der Waals surface area contributed by atoms with Crippen molar-refractivity contribution >= 4 is 23.1 Å². The Kier molecular flexibility index (Phi) is 6.52. The molecule has 192 valence electrons. The molecular formula is C30H28F3NO3. The van der Waals surface area contributed by atoms with Crippen molar-refractivity contribution in [3.8, 4) is 0 Å². The number of Topliss-reactive ketones (excluding diaryl/α,β-unsaturated/α-hetero) is 1. The van der Waals surface area contributed by atoms with Crippen LogP contribution in [0, 0.1) is 13.8 Å². The fourth-order valence-electron chi connectivity index (χ4n) is 4.61. The van der Waals surface area contributed by atoms with Crippen molar-refractivity contribution in [2.45, 2.75) is 52.3 Å². The molecule has 37 heavy (non-hydrogen) atoms. The van der Waals surface area contributed by atoms with E-state index < -0.39 is 29.5 Å². The zero-order chi connectivity index (χ0) is 27.3. The lowest BCUT2D eigenvalue weighted by atomic mass is 9.84. The van der Waals surface area contributed by atoms with Gasteiger partial charge in [-0.15, -0.1) is 0 Å². The Morgan fingerprint density at radius 3 is 2.14 bits per heavy atom. The summed E-state index contributed by atoms with van der Waals surface area (Å²) in [5.74, 6) is -2.31. The normalized spacial score (nSPS) is 17.9. The zero-order valence-corrected chi connectivity index (χ0v) is 21.3. The first-order chi connectivity index (χ1) is 17.2. The maximum atomic E-state index is 13.5. The average molecular weight is 508 g/mol. The van der Waals surface area contributed by atoms with Gasteiger partial charge >= 0.3 is 6.18 Å². The number of anilines is 1. The van der Waals surface area contributed by atoms with Gasteiger partial charge in [-0.1, -0.05) is 63.2 Å². The van der Waals surface area contributed by atoms with Gasteiger partial charge in [0.25, 0.3) is 11.7 Å². The fraction of sp³-hybridized carbons (Fsp3) is 0.267. The van der Waals surface area contributed by atoms with Crippen molar-refractivity contribution in [2.75, 3.05) is 4.90 Å². The third-order valence-corrected chi connectivity index (χ3v) is 6.74. The van der Waals surface area contributed by atoms with Gasteiger partial charge in [-0.25, -0.2) is 0 Å². The van der Waals surface area contributed by atoms with E-state index in [1.165, 1.54) is 12.1 Å². The summed E-state index contributed by atoms with van der Waals surface area (Å²) in [6.07, 6.45) is -4.63. The van der Waals surface area contributed by atoms with Crippen LogP contribution < -0.4 is 4.90 Å². The second kappa shape index (κ2) is 9.21. The Labute approximate surface area is 214 Å². The molecule has 7 heteroatoms. The highest BCUT2D eigenvalue weighted by Gasteiger charge is 2.48. The van der Waals surface area contributed by atoms with Crippen LogP contribution in [0.5, 0.6) is 0 Å². The Morgan fingerprint density at radius 2 is 1.51 bits per heavy atom. The van der Waals surface area contributed by atoms with Crippen LogP contribution in [-0.4, -0.2) is 16.8 Å². The summed E-state index contributed by atoms with van der Waals surface area (Å²) in [7, 11) is 0. The van der Waals surface area contributed by atoms with Crippen LogP contribution in [0.25, 0.3) is 5.76 Å². The van der Waals surface area contributed by atoms with E-state index in [0.29, 0.717) is 16.7 Å². The summed E-state index contributed by atoms with van der Waals surface area (Å²) in [5, 5.41) is 11.6. The minimum atomic E-state index is -4.63. The molecule has 4 rings (SSSR count). The molecular weight excluding hydrogens is 479 g/mol. The predicted molar refractivity (Wildman–Crippen MR) is 137 cm³/mol. The number of carbonyl (C=O) groups is 2. The first kappa shape index (κ1) is 26.2. The number of halogens is 3. The van der Waals surface area contributed by atoms with E-state index in [1.807, 2.05) is 32.9 Å². The molecule has 1 amide bonds. The number of benzene rings is 3. The number of rotatable bonds is 3. The number of amides is 1. The van der Waals surface area contributed by atoms with E-state index in [-0.39, 0.29) is 22.4 Å². The number of ketones is 1. The van der Waals surface area contributed by atoms with Crippen LogP contribution in [0.2, 0.25) is 0 Å². The number of hydrogen-bond donors (Lipinski definition) is 1. The maximum Gasteiger partial charge on any atom is 0.416 e. The second-order valence-electron chi connectivity index (χ2n) is 10.4. The number of nitrogens with zero attached hydrogens (tertiary/aromatic N) is 1. The summed E-state index contributed by atoms with van der Waals surface area (Å²) >= 11 is 0. The van der Waals surface area contributed by atoms with Crippen LogP contribution in [0.3, 0.4) is 0 Å². The van der Waals surface area contributed by atoms with Crippen LogP contribution in [0.1, 0.15) is 60.2 Å². The molecule has 1 saturated heterocycles. The minimum Gasteiger partial charge on any atom is -0.507 e. The molecule has 1 aliphatic heterocycles. The van der Waals surface area contributed by atoms with Gasteiger partial charge in [0.05, 0.1) is 17.2 Å². The third kappa shape index (κ3) is 4.78. The van der Waals surface area contributed by atoms with Gasteiger partial charge in [0.1, 0.15) is 5.76 Å². The predicted octanol–water partition coefficient (Wildman–Crippen LogP) is 7.25. The number of aliphatic hydroxyl groups is 1. The van der Waals surface area contributed by atoms with Crippen molar-refractivity contribution in [2.24, 2.45) is 0 Å². The molecule has 1 atom stereocenters. The van der Waals surface area contributed by atoms with E-state index in [2.05, 4.69) is 0 Å². The summed E-state index contributed by atoms with van der Waals surface area (Å²) in [4.78, 5) is 27.9. The Bertz CT molecular complexity index is 1430. The van der Waals surface area contributed by atoms with Gasteiger partial charge in [0.15, 0.2) is 0 Å². The number of aliphatic hydroxyl groups excluding tert-OH is 1. The summed E-state index contributed by atoms with van der Waals surface area (Å²) in [6, 6.07) is 15.8. The smallest absolute Gasteiger partial charge is 0.416 e. The van der Waals surface area contributed by atoms with Crippen LogP contribution >= 0.6 is 0 Å². The molecule has 0 aliphatic carbocycles. The molecule has 0 bridgehead atoms. The molecule has 1 heterocycles. The van der Waals surface area contributed by atoms with Gasteiger partial charge in [-0.3, -0.25) is 14.5 Å². The highest BCUT2D eigenvalue weighted by Crippen LogP contribution is 2.44. The largest absolute Gasteiger partial charge is 0.507 e. The van der Waals surface area contributed by atoms with Gasteiger partial charge < -0.3 is 5.11 Å². The second-order valence-corrected chi connectivity index (χ2v) is 10.4. The lowest BCUT2D eigenvalue weighted by Gasteiger charge is -2.27. The summed E-state index contributed by atoms with van der Waals surface area (Å²) in [6.45, 7) is 9.62. The lowest BCUT2D eigenvalue weighted by Crippen LogP contribution is -2.30. The van der Waals surface area contributed by atoms with E-state index >= 15 is 0 Å². The van der Waals surface area contributed by atoms with Crippen LogP contribution in [-0.2, 0) is 21.2 Å². The Hall–Kier alpha value is -3.87. The highest BCUT2D eigenvalue weighted by atomic mass is 19.4. The standard InChI is InChI=1S/C30H28F3NO3/c1-17-9-6-7-12-22(17)25-24(26(35)23-16-19(29(3,4)5)14-13-18(23)2)27(36)28(37)34(25)21-11-8-10-20(15-21)30(31,32)33/h6-16,25,35H,1-5H3/b26-24+. The monoisotopic (exact) mass is 507 g/mol. The molecule has 0 aromatic heterocycles. The molecule has 3 aromatic carbocycles. The van der Waals surface area contributed by atoms with E-state index in [4.69, 9.17) is 0 Å². The van der Waals surface area contributed by atoms with Gasteiger partial charge in [-0.2, -0.15) is 13.2 Å². The molecule has 1 N–H and O–H groups in total. The minimum absolute atomic E-state index is 0.0793.